The summed E-state index contributed by atoms with van der Waals surface area (Å²) in [5, 5.41) is 2.64. The van der Waals surface area contributed by atoms with Crippen LogP contribution >= 0.6 is 11.3 Å². The predicted octanol–water partition coefficient (Wildman–Crippen LogP) is 1.72. The van der Waals surface area contributed by atoms with Gasteiger partial charge >= 0.3 is 0 Å². The molecule has 0 bridgehead atoms. The van der Waals surface area contributed by atoms with Gasteiger partial charge in [0.25, 0.3) is 5.91 Å². The van der Waals surface area contributed by atoms with E-state index in [-0.39, 0.29) is 12.0 Å². The first-order valence-electron chi connectivity index (χ1n) is 5.42. The molecule has 90 valence electrons. The third-order valence-corrected chi connectivity index (χ3v) is 3.75. The molecule has 0 aromatic carbocycles. The number of hydrogen-bond donors (Lipinski definition) is 2. The van der Waals surface area contributed by atoms with Crippen LogP contribution in [0.3, 0.4) is 0 Å². The Labute approximate surface area is 100 Å². The summed E-state index contributed by atoms with van der Waals surface area (Å²) in [4.78, 5) is 15.1. The summed E-state index contributed by atoms with van der Waals surface area (Å²) >= 11 is 1.47. The zero-order valence-corrected chi connectivity index (χ0v) is 10.8. The SMILES string of the molecule is CC(C)[C@H](N)C[C@@H](C)c1nc(C(N)=O)cs1. The van der Waals surface area contributed by atoms with Gasteiger partial charge in [0.1, 0.15) is 5.69 Å². The van der Waals surface area contributed by atoms with E-state index >= 15 is 0 Å². The molecule has 0 aliphatic rings. The van der Waals surface area contributed by atoms with E-state index in [4.69, 9.17) is 11.5 Å². The Kier molecular flexibility index (Phi) is 4.44. The van der Waals surface area contributed by atoms with Gasteiger partial charge in [0.05, 0.1) is 5.01 Å². The first-order valence-corrected chi connectivity index (χ1v) is 6.30. The number of nitrogens with two attached hydrogens (primary N) is 2. The number of primary amides is 1. The van der Waals surface area contributed by atoms with E-state index in [0.717, 1.165) is 11.4 Å². The topological polar surface area (TPSA) is 82.0 Å². The largest absolute Gasteiger partial charge is 0.364 e. The van der Waals surface area contributed by atoms with Crippen molar-refractivity contribution in [2.24, 2.45) is 17.4 Å². The fraction of sp³-hybridized carbons (Fsp3) is 0.636. The molecule has 4 nitrogen and oxygen atoms in total. The standard InChI is InChI=1S/C11H19N3OS/c1-6(2)8(12)4-7(3)11-14-9(5-16-11)10(13)15/h5-8H,4,12H2,1-3H3,(H2,13,15)/t7-,8-/m1/s1. The van der Waals surface area contributed by atoms with Crippen LogP contribution in [-0.4, -0.2) is 16.9 Å². The van der Waals surface area contributed by atoms with Gasteiger partial charge in [-0.05, 0) is 12.3 Å². The molecule has 0 saturated heterocycles. The average molecular weight is 241 g/mol. The minimum atomic E-state index is -0.470. The summed E-state index contributed by atoms with van der Waals surface area (Å²) in [7, 11) is 0. The lowest BCUT2D eigenvalue weighted by Gasteiger charge is -2.18. The maximum Gasteiger partial charge on any atom is 0.268 e. The Morgan fingerprint density at radius 3 is 2.56 bits per heavy atom. The van der Waals surface area contributed by atoms with E-state index in [1.54, 1.807) is 5.38 Å². The number of carbonyl (C=O) groups is 1. The van der Waals surface area contributed by atoms with E-state index < -0.39 is 5.91 Å². The van der Waals surface area contributed by atoms with Crippen LogP contribution in [0.5, 0.6) is 0 Å². The van der Waals surface area contributed by atoms with Crippen LogP contribution in [0.2, 0.25) is 0 Å². The minimum Gasteiger partial charge on any atom is -0.364 e. The maximum absolute atomic E-state index is 10.9. The third kappa shape index (κ3) is 3.28. The van der Waals surface area contributed by atoms with E-state index in [0.29, 0.717) is 11.6 Å². The molecule has 1 rings (SSSR count). The van der Waals surface area contributed by atoms with Crippen LogP contribution < -0.4 is 11.5 Å². The summed E-state index contributed by atoms with van der Waals surface area (Å²) < 4.78 is 0. The minimum absolute atomic E-state index is 0.163. The highest BCUT2D eigenvalue weighted by molar-refractivity contribution is 7.09. The average Bonchev–Trinajstić information content (AvgIpc) is 2.65. The molecule has 5 heteroatoms. The van der Waals surface area contributed by atoms with Crippen molar-refractivity contribution in [3.05, 3.63) is 16.1 Å². The normalized spacial score (nSPS) is 15.1. The number of aromatic nitrogens is 1. The molecule has 4 N–H and O–H groups in total. The number of nitrogens with zero attached hydrogens (tertiary/aromatic N) is 1. The van der Waals surface area contributed by atoms with Gasteiger partial charge < -0.3 is 11.5 Å². The molecule has 0 saturated carbocycles. The molecule has 16 heavy (non-hydrogen) atoms. The second kappa shape index (κ2) is 5.41. The van der Waals surface area contributed by atoms with Crippen molar-refractivity contribution in [1.82, 2.24) is 4.98 Å². The molecule has 1 heterocycles. The van der Waals surface area contributed by atoms with Crippen LogP contribution in [0.15, 0.2) is 5.38 Å². The van der Waals surface area contributed by atoms with Crippen molar-refractivity contribution in [1.29, 1.82) is 0 Å². The van der Waals surface area contributed by atoms with Gasteiger partial charge in [-0.25, -0.2) is 4.98 Å². The molecule has 0 aliphatic carbocycles. The van der Waals surface area contributed by atoms with E-state index in [1.807, 2.05) is 0 Å². The Balaban J connectivity index is 2.65. The monoisotopic (exact) mass is 241 g/mol. The van der Waals surface area contributed by atoms with Gasteiger partial charge in [-0.1, -0.05) is 20.8 Å². The van der Waals surface area contributed by atoms with Gasteiger partial charge in [0.15, 0.2) is 0 Å². The van der Waals surface area contributed by atoms with Gasteiger partial charge in [-0.15, -0.1) is 11.3 Å². The molecule has 2 atom stereocenters. The van der Waals surface area contributed by atoms with Crippen LogP contribution in [0.25, 0.3) is 0 Å². The fourth-order valence-electron chi connectivity index (χ4n) is 1.41. The van der Waals surface area contributed by atoms with Gasteiger partial charge in [-0.3, -0.25) is 4.79 Å². The van der Waals surface area contributed by atoms with Crippen molar-refractivity contribution in [2.45, 2.75) is 39.2 Å². The summed E-state index contributed by atoms with van der Waals surface area (Å²) in [5.41, 5.74) is 11.5. The Morgan fingerprint density at radius 2 is 2.12 bits per heavy atom. The number of rotatable bonds is 5. The molecule has 1 aromatic heterocycles. The van der Waals surface area contributed by atoms with E-state index in [9.17, 15) is 4.79 Å². The summed E-state index contributed by atoms with van der Waals surface area (Å²) in [6, 6.07) is 0.163. The zero-order valence-electron chi connectivity index (χ0n) is 9.93. The Hall–Kier alpha value is -0.940. The summed E-state index contributed by atoms with van der Waals surface area (Å²) in [5.74, 6) is 0.261. The van der Waals surface area contributed by atoms with Crippen LogP contribution in [0.1, 0.15) is 48.6 Å². The van der Waals surface area contributed by atoms with E-state index in [2.05, 4.69) is 25.8 Å². The number of carbonyl (C=O) groups excluding carboxylic acids is 1. The van der Waals surface area contributed by atoms with Gasteiger partial charge in [-0.2, -0.15) is 0 Å². The number of amides is 1. The summed E-state index contributed by atoms with van der Waals surface area (Å²) in [6.07, 6.45) is 0.878. The summed E-state index contributed by atoms with van der Waals surface area (Å²) in [6.45, 7) is 6.29. The highest BCUT2D eigenvalue weighted by Crippen LogP contribution is 2.25. The third-order valence-electron chi connectivity index (χ3n) is 2.68. The lowest BCUT2D eigenvalue weighted by Crippen LogP contribution is -2.27. The number of thiazole rings is 1. The lowest BCUT2D eigenvalue weighted by molar-refractivity contribution is 0.0996. The molecule has 0 unspecified atom stereocenters. The van der Waals surface area contributed by atoms with Gasteiger partial charge in [0, 0.05) is 17.3 Å². The van der Waals surface area contributed by atoms with Crippen LogP contribution in [0.4, 0.5) is 0 Å². The van der Waals surface area contributed by atoms with Crippen molar-refractivity contribution < 1.29 is 4.79 Å². The first-order chi connectivity index (χ1) is 7.41. The first kappa shape index (κ1) is 13.1. The molecule has 0 fully saturated rings. The van der Waals surface area contributed by atoms with Crippen molar-refractivity contribution >= 4 is 17.2 Å². The maximum atomic E-state index is 10.9. The van der Waals surface area contributed by atoms with Crippen molar-refractivity contribution in [2.75, 3.05) is 0 Å². The molecule has 0 spiro atoms. The molecule has 1 amide bonds. The highest BCUT2D eigenvalue weighted by atomic mass is 32.1. The lowest BCUT2D eigenvalue weighted by atomic mass is 9.95. The van der Waals surface area contributed by atoms with Gasteiger partial charge in [0.2, 0.25) is 0 Å². The molecule has 0 aliphatic heterocycles. The Morgan fingerprint density at radius 1 is 1.50 bits per heavy atom. The van der Waals surface area contributed by atoms with Crippen molar-refractivity contribution in [3.8, 4) is 0 Å². The zero-order chi connectivity index (χ0) is 12.3. The Bertz CT molecular complexity index is 362. The second-order valence-electron chi connectivity index (χ2n) is 4.48. The molecule has 0 radical (unpaired) electrons. The van der Waals surface area contributed by atoms with Crippen molar-refractivity contribution in [3.63, 3.8) is 0 Å². The molecular formula is C11H19N3OS. The highest BCUT2D eigenvalue weighted by Gasteiger charge is 2.17. The fourth-order valence-corrected chi connectivity index (χ4v) is 2.29. The predicted molar refractivity (Wildman–Crippen MR) is 66.5 cm³/mol. The van der Waals surface area contributed by atoms with Crippen LogP contribution in [-0.2, 0) is 0 Å². The molecule has 1 aromatic rings. The van der Waals surface area contributed by atoms with Crippen LogP contribution in [0, 0.1) is 5.92 Å². The molecular weight excluding hydrogens is 222 g/mol. The second-order valence-corrected chi connectivity index (χ2v) is 5.37. The quantitative estimate of drug-likeness (QED) is 0.823. The number of hydrogen-bond acceptors (Lipinski definition) is 4. The van der Waals surface area contributed by atoms with E-state index in [1.165, 1.54) is 11.3 Å². The smallest absolute Gasteiger partial charge is 0.268 e.